The molecule has 0 unspecified atom stereocenters. The van der Waals surface area contributed by atoms with Crippen molar-refractivity contribution >= 4 is 46.1 Å². The molecule has 0 saturated heterocycles. The summed E-state index contributed by atoms with van der Waals surface area (Å²) in [6, 6.07) is 0. The van der Waals surface area contributed by atoms with Gasteiger partial charge < -0.3 is 49.6 Å². The minimum atomic E-state index is 0. The molecule has 0 saturated carbocycles. The molecule has 6 heteroatoms. The summed E-state index contributed by atoms with van der Waals surface area (Å²) < 4.78 is 0. The predicted octanol–water partition coefficient (Wildman–Crippen LogP) is -12.5. The van der Waals surface area contributed by atoms with E-state index >= 15 is 0 Å². The van der Waals surface area contributed by atoms with Crippen LogP contribution in [-0.4, -0.2) is 46.1 Å². The van der Waals surface area contributed by atoms with E-state index in [-0.39, 0.29) is 95.7 Å². The molecule has 0 atom stereocenters. The summed E-state index contributed by atoms with van der Waals surface area (Å²) in [5.74, 6) is 0. The Morgan fingerprint density at radius 1 is 0.500 bits per heavy atom. The van der Waals surface area contributed by atoms with Gasteiger partial charge in [0, 0.05) is 0 Å². The van der Waals surface area contributed by atoms with Crippen LogP contribution in [-0.2, 0) is 0 Å². The number of halogens is 4. The summed E-state index contributed by atoms with van der Waals surface area (Å²) >= 11 is 0. The Labute approximate surface area is 107 Å². The minimum absolute atomic E-state index is 0. The van der Waals surface area contributed by atoms with Crippen molar-refractivity contribution in [2.45, 2.75) is 0 Å². The van der Waals surface area contributed by atoms with Gasteiger partial charge in [-0.05, 0) is 0 Å². The van der Waals surface area contributed by atoms with E-state index in [1.54, 1.807) is 0 Å². The second-order valence-electron chi connectivity index (χ2n) is 0. The minimum Gasteiger partial charge on any atom is -1.00 e. The van der Waals surface area contributed by atoms with Crippen molar-refractivity contribution in [2.75, 3.05) is 0 Å². The van der Waals surface area contributed by atoms with E-state index < -0.39 is 0 Å². The first-order chi connectivity index (χ1) is 1.00. The molecular formula is C2H2Cl4Mg2. The Morgan fingerprint density at radius 3 is 0.500 bits per heavy atom. The van der Waals surface area contributed by atoms with Gasteiger partial charge in [-0.2, -0.15) is 0 Å². The number of hydrogen-bond acceptors (Lipinski definition) is 0. The maximum atomic E-state index is 4.00. The quantitative estimate of drug-likeness (QED) is 0.279. The van der Waals surface area contributed by atoms with Gasteiger partial charge in [0.25, 0.3) is 0 Å². The van der Waals surface area contributed by atoms with Crippen LogP contribution in [0.5, 0.6) is 0 Å². The van der Waals surface area contributed by atoms with Gasteiger partial charge in [-0.3, -0.25) is 0 Å². The van der Waals surface area contributed by atoms with Crippen molar-refractivity contribution in [3.8, 4) is 12.8 Å². The fraction of sp³-hybridized carbons (Fsp3) is 0. The van der Waals surface area contributed by atoms with Crippen molar-refractivity contribution in [3.05, 3.63) is 0 Å². The normalized spacial score (nSPS) is 0.250. The van der Waals surface area contributed by atoms with Crippen molar-refractivity contribution in [3.63, 3.8) is 0 Å². The smallest absolute Gasteiger partial charge is 1.00 e. The monoisotopic (exact) mass is 214 g/mol. The van der Waals surface area contributed by atoms with Crippen molar-refractivity contribution in [2.24, 2.45) is 0 Å². The fourth-order valence-electron chi connectivity index (χ4n) is 0. The molecule has 0 aromatic heterocycles. The summed E-state index contributed by atoms with van der Waals surface area (Å²) in [7, 11) is 0. The molecule has 0 aromatic rings. The van der Waals surface area contributed by atoms with Crippen LogP contribution in [0.25, 0.3) is 0 Å². The summed E-state index contributed by atoms with van der Waals surface area (Å²) in [4.78, 5) is 0. The van der Waals surface area contributed by atoms with Crippen LogP contribution in [0.15, 0.2) is 0 Å². The Kier molecular flexibility index (Phi) is 1290. The summed E-state index contributed by atoms with van der Waals surface area (Å²) in [6.45, 7) is 0. The Morgan fingerprint density at radius 2 is 0.500 bits per heavy atom. The Balaban J connectivity index is -0.000000000333. The zero-order valence-electron chi connectivity index (χ0n) is 4.08. The van der Waals surface area contributed by atoms with Crippen LogP contribution in [0, 0.1) is 12.8 Å². The van der Waals surface area contributed by atoms with Crippen LogP contribution in [0.3, 0.4) is 0 Å². The third-order valence-electron chi connectivity index (χ3n) is 0. The van der Waals surface area contributed by atoms with Crippen molar-refractivity contribution in [1.29, 1.82) is 0 Å². The molecule has 0 rings (SSSR count). The molecule has 0 radical (unpaired) electrons. The van der Waals surface area contributed by atoms with Crippen molar-refractivity contribution < 1.29 is 49.6 Å². The zero-order valence-corrected chi connectivity index (χ0v) is 9.93. The van der Waals surface area contributed by atoms with E-state index in [1.165, 1.54) is 0 Å². The fourth-order valence-corrected chi connectivity index (χ4v) is 0. The topological polar surface area (TPSA) is 0 Å². The molecule has 8 heavy (non-hydrogen) atoms. The Bertz CT molecular complexity index is 16.8. The molecule has 42 valence electrons. The Hall–Kier alpha value is 2.25. The standard InChI is InChI=1S/C2H2.4ClH.2Mg/c1-2;;;;;;/h1-2H;4*1H;;/q;;;;;2*+2/p-4. The van der Waals surface area contributed by atoms with Crippen LogP contribution >= 0.6 is 0 Å². The van der Waals surface area contributed by atoms with Gasteiger partial charge in [0.15, 0.2) is 0 Å². The molecular weight excluding hydrogens is 214 g/mol. The second-order valence-corrected chi connectivity index (χ2v) is 0. The van der Waals surface area contributed by atoms with Gasteiger partial charge in [0.05, 0.1) is 0 Å². The number of terminal acetylenes is 1. The van der Waals surface area contributed by atoms with Crippen LogP contribution in [0.1, 0.15) is 0 Å². The molecule has 0 amide bonds. The van der Waals surface area contributed by atoms with E-state index in [0.717, 1.165) is 0 Å². The van der Waals surface area contributed by atoms with Crippen LogP contribution in [0.4, 0.5) is 0 Å². The van der Waals surface area contributed by atoms with E-state index in [0.29, 0.717) is 0 Å². The summed E-state index contributed by atoms with van der Waals surface area (Å²) in [5.41, 5.74) is 0. The van der Waals surface area contributed by atoms with Crippen molar-refractivity contribution in [1.82, 2.24) is 0 Å². The van der Waals surface area contributed by atoms with E-state index in [2.05, 4.69) is 12.8 Å². The van der Waals surface area contributed by atoms with E-state index in [9.17, 15) is 0 Å². The molecule has 0 spiro atoms. The molecule has 0 N–H and O–H groups in total. The molecule has 0 aliphatic carbocycles. The van der Waals surface area contributed by atoms with Gasteiger partial charge >= 0.3 is 46.1 Å². The summed E-state index contributed by atoms with van der Waals surface area (Å²) in [5, 5.41) is 0. The van der Waals surface area contributed by atoms with E-state index in [1.807, 2.05) is 0 Å². The molecule has 0 nitrogen and oxygen atoms in total. The number of rotatable bonds is 0. The molecule has 0 aromatic carbocycles. The third kappa shape index (κ3) is 85.6. The zero-order chi connectivity index (χ0) is 2.00. The van der Waals surface area contributed by atoms with Gasteiger partial charge in [0.2, 0.25) is 0 Å². The first kappa shape index (κ1) is 83.0. The third-order valence-corrected chi connectivity index (χ3v) is 0. The molecule has 0 heterocycles. The summed E-state index contributed by atoms with van der Waals surface area (Å²) in [6.07, 6.45) is 8.00. The maximum absolute atomic E-state index is 4.00. The van der Waals surface area contributed by atoms with E-state index in [4.69, 9.17) is 0 Å². The average molecular weight is 216 g/mol. The largest absolute Gasteiger partial charge is 2.00 e. The predicted molar refractivity (Wildman–Crippen MR) is 21.4 cm³/mol. The first-order valence-corrected chi connectivity index (χ1v) is 0.333. The second kappa shape index (κ2) is 124. The van der Waals surface area contributed by atoms with Crippen LogP contribution < -0.4 is 49.6 Å². The van der Waals surface area contributed by atoms with Gasteiger partial charge in [-0.15, -0.1) is 12.8 Å². The first-order valence-electron chi connectivity index (χ1n) is 0.333. The molecule has 0 aliphatic rings. The van der Waals surface area contributed by atoms with Gasteiger partial charge in [0.1, 0.15) is 0 Å². The SMILES string of the molecule is C#C.[Cl-].[Cl-].[Cl-].[Cl-].[Mg+2].[Mg+2]. The average Bonchev–Trinajstić information content (AvgIpc) is 1.00. The molecule has 0 aliphatic heterocycles. The maximum Gasteiger partial charge on any atom is 2.00 e. The number of hydrogen-bond donors (Lipinski definition) is 0. The van der Waals surface area contributed by atoms with Gasteiger partial charge in [-0.25, -0.2) is 0 Å². The molecule has 0 fully saturated rings. The molecule has 0 bridgehead atoms. The van der Waals surface area contributed by atoms with Crippen LogP contribution in [0.2, 0.25) is 0 Å². The van der Waals surface area contributed by atoms with Gasteiger partial charge in [-0.1, -0.05) is 0 Å².